The Hall–Kier alpha value is -17.4. The van der Waals surface area contributed by atoms with Crippen LogP contribution in [0.25, 0.3) is 67.1 Å². The summed E-state index contributed by atoms with van der Waals surface area (Å²) in [5.74, 6) is 10.3. The molecule has 0 radical (unpaired) electrons. The Labute approximate surface area is 827 Å². The van der Waals surface area contributed by atoms with Gasteiger partial charge in [0.1, 0.15) is 46.3 Å². The van der Waals surface area contributed by atoms with Crippen molar-refractivity contribution in [3.63, 3.8) is 0 Å². The molecule has 12 heterocycles. The van der Waals surface area contributed by atoms with E-state index in [0.29, 0.717) is 103 Å². The number of methoxy groups -OCH3 is 6. The van der Waals surface area contributed by atoms with E-state index in [1.165, 1.54) is 57.8 Å². The Morgan fingerprint density at radius 2 is 0.694 bits per heavy atom. The van der Waals surface area contributed by atoms with Crippen molar-refractivity contribution in [1.82, 2.24) is 77.1 Å². The summed E-state index contributed by atoms with van der Waals surface area (Å²) in [7, 11) is 8.99. The molecule has 0 unspecified atom stereocenters. The van der Waals surface area contributed by atoms with Crippen molar-refractivity contribution in [2.45, 2.75) is 89.6 Å². The molecule has 0 N–H and O–H groups in total. The number of amides is 4. The molecular formula is C110H102F4N16O14. The number of benzene rings is 8. The van der Waals surface area contributed by atoms with E-state index in [9.17, 15) is 36.7 Å². The topological polar surface area (TPSA) is 294 Å². The van der Waals surface area contributed by atoms with Crippen LogP contribution in [0.5, 0.6) is 80.9 Å². The van der Waals surface area contributed by atoms with Crippen molar-refractivity contribution in [2.75, 3.05) is 81.9 Å². The Morgan fingerprint density at radius 3 is 1.05 bits per heavy atom. The third-order valence-corrected chi connectivity index (χ3v) is 25.4. The van der Waals surface area contributed by atoms with Crippen molar-refractivity contribution in [2.24, 2.45) is 0 Å². The van der Waals surface area contributed by atoms with E-state index in [4.69, 9.17) is 67.3 Å². The van der Waals surface area contributed by atoms with Gasteiger partial charge in [-0.05, 0) is 228 Å². The number of imidazole rings is 4. The number of fused-ring (bicyclic) bond motifs is 4. The van der Waals surface area contributed by atoms with Crippen LogP contribution in [0.3, 0.4) is 0 Å². The lowest BCUT2D eigenvalue weighted by molar-refractivity contribution is -0.127. The molecule has 4 saturated heterocycles. The van der Waals surface area contributed by atoms with Crippen LogP contribution in [0.4, 0.5) is 17.6 Å². The third kappa shape index (κ3) is 20.1. The predicted octanol–water partition coefficient (Wildman–Crippen LogP) is 20.8. The molecule has 8 aromatic heterocycles. The number of hydrogen-bond donors (Lipinski definition) is 0. The fourth-order valence-corrected chi connectivity index (χ4v) is 18.4. The van der Waals surface area contributed by atoms with Gasteiger partial charge >= 0.3 is 0 Å². The van der Waals surface area contributed by atoms with Gasteiger partial charge in [-0.2, -0.15) is 13.2 Å². The highest BCUT2D eigenvalue weighted by Gasteiger charge is 2.38. The maximum absolute atomic E-state index is 14.6. The first-order valence-electron chi connectivity index (χ1n) is 46.6. The Morgan fingerprint density at radius 1 is 0.375 bits per heavy atom. The maximum atomic E-state index is 14.6. The number of carbonyl (C=O) groups is 4. The highest BCUT2D eigenvalue weighted by Crippen LogP contribution is 2.45. The summed E-state index contributed by atoms with van der Waals surface area (Å²) in [6, 6.07) is 48.2. The first kappa shape index (κ1) is 98.2. The maximum Gasteiger partial charge on any atom is 0.298 e. The molecule has 0 saturated carbocycles. The fourth-order valence-electron chi connectivity index (χ4n) is 18.4. The Balaban J connectivity index is 0.000000132. The summed E-state index contributed by atoms with van der Waals surface area (Å²) >= 11 is 0. The monoisotopic (exact) mass is 1950 g/mol. The molecule has 0 aliphatic carbocycles. The number of carbonyl (C=O) groups excluding carboxylic acids is 4. The molecule has 4 amide bonds. The van der Waals surface area contributed by atoms with Crippen LogP contribution < -0.4 is 47.4 Å². The van der Waals surface area contributed by atoms with Crippen molar-refractivity contribution in [1.29, 1.82) is 0 Å². The van der Waals surface area contributed by atoms with Crippen molar-refractivity contribution in [3.05, 3.63) is 315 Å². The molecule has 4 aliphatic rings. The van der Waals surface area contributed by atoms with Gasteiger partial charge in [0.25, 0.3) is 5.91 Å². The smallest absolute Gasteiger partial charge is 0.298 e. The molecule has 734 valence electrons. The zero-order chi connectivity index (χ0) is 101. The lowest BCUT2D eigenvalue weighted by atomic mass is 10.1. The summed E-state index contributed by atoms with van der Waals surface area (Å²) in [6.45, 7) is 20.1. The lowest BCUT2D eigenvalue weighted by Crippen LogP contribution is -2.30. The van der Waals surface area contributed by atoms with E-state index in [1.54, 1.807) is 196 Å². The molecular weight excluding hydrogens is 1850 g/mol. The van der Waals surface area contributed by atoms with Gasteiger partial charge < -0.3 is 67.0 Å². The molecule has 4 atom stereocenters. The number of aryl methyl sites for hydroxylation is 2. The second-order valence-corrected chi connectivity index (χ2v) is 33.8. The van der Waals surface area contributed by atoms with Gasteiger partial charge in [-0.1, -0.05) is 62.9 Å². The second-order valence-electron chi connectivity index (χ2n) is 33.8. The van der Waals surface area contributed by atoms with Crippen LogP contribution in [0.15, 0.2) is 257 Å². The van der Waals surface area contributed by atoms with Gasteiger partial charge in [0.2, 0.25) is 52.8 Å². The standard InChI is InChI=1S/C28H25FN4O4.C28H27FN4O3.C27H25FN4O4.C27H25FN4O3/c1-4-6-24(34)32-14-13-19(17-32)28-31-27(21-15-30-16-25(36-3)33(21)28)18-9-11-20(12-10-18)37-23-8-5-7-22(35-2)26(23)29;1-4-18-8-6-10-23(26(18)29)36-20-13-11-19(12-14-20)27-22-16-30-17-25(35-3)33(22)28(31-27)21-9-7-15-32(21)24(34)5-2;1-4-23(33)31-13-12-18(16-31)27-30-26(20-14-29-15-24(35-3)32(20)27)17-8-10-19(11-9-17)36-22-7-5-6-21(34-2)25(22)28;1-4-24(33)31-14-6-7-20(31)27-30-26(21-16-29-15-17(2)32(21)27)18-10-12-19(13-11-18)35-23-9-5-8-22(34-3)25(23)28/h5,7-12,15-16,19H,13-14,17H2,1-3H3;5-6,8,10-14,16-17,21H,2,4,7,9,15H2,1,3H3;4-11,14-15,18H,1,12-13,16H2,2-3H3;4-5,8-13,15-16,20H,1,6-7,14H2,2-3H3/t19-;21-;18-;20-/m1010/s1. The number of aromatic nitrogens is 12. The number of ether oxygens (including phenoxy) is 10. The number of halogens is 4. The average Bonchev–Trinajstić information content (AvgIpc) is 1.60. The van der Waals surface area contributed by atoms with Crippen LogP contribution in [-0.2, 0) is 25.6 Å². The first-order valence-corrected chi connectivity index (χ1v) is 46.6. The zero-order valence-corrected chi connectivity index (χ0v) is 80.5. The van der Waals surface area contributed by atoms with Crippen molar-refractivity contribution >= 4 is 45.7 Å². The van der Waals surface area contributed by atoms with E-state index < -0.39 is 17.5 Å². The number of hydrogen-bond acceptors (Lipinski definition) is 22. The van der Waals surface area contributed by atoms with Gasteiger partial charge in [0.15, 0.2) is 46.1 Å². The van der Waals surface area contributed by atoms with Crippen molar-refractivity contribution < 1.29 is 84.1 Å². The normalized spacial score (nSPS) is 15.2. The molecule has 144 heavy (non-hydrogen) atoms. The lowest BCUT2D eigenvalue weighted by Gasteiger charge is -2.22. The molecule has 4 fully saturated rings. The van der Waals surface area contributed by atoms with Crippen molar-refractivity contribution in [3.8, 4) is 138 Å². The molecule has 0 spiro atoms. The quantitative estimate of drug-likeness (QED) is 0.0276. The molecule has 30 nitrogen and oxygen atoms in total. The summed E-state index contributed by atoms with van der Waals surface area (Å²) in [5, 5.41) is 0. The molecule has 34 heteroatoms. The van der Waals surface area contributed by atoms with Crippen LogP contribution >= 0.6 is 0 Å². The Kier molecular flexibility index (Phi) is 30.0. The fraction of sp³-hybridized carbons (Fsp3) is 0.236. The van der Waals surface area contributed by atoms with E-state index in [1.807, 2.05) is 80.5 Å². The van der Waals surface area contributed by atoms with Gasteiger partial charge in [-0.3, -0.25) is 56.7 Å². The SMILES string of the molecule is C=CC(=O)N1CCC[C@H]1c1nc(-c2ccc(Oc3cccc(CC)c3F)cc2)c2cncc(OC)n12.C=CC(=O)N1CCC[C@H]1c1nc(-c2ccc(Oc3cccc(OC)c3F)cc2)c2cncc(C)n12.C=CC(=O)N1CC[C@@H](c2nc(-c3ccc(Oc4cccc(OC)c4F)cc3)c3cncc(OC)n23)C1.CC#CC(=O)N1CC[C@@H](c2nc(-c3ccc(Oc4cccc(OC)c4F)cc3)c3cncc(OC)n23)C1. The van der Waals surface area contributed by atoms with Gasteiger partial charge in [-0.25, -0.2) is 24.3 Å². The van der Waals surface area contributed by atoms with E-state index >= 15 is 0 Å². The van der Waals surface area contributed by atoms with Gasteiger partial charge in [0.05, 0.1) is 143 Å². The summed E-state index contributed by atoms with van der Waals surface area (Å²) < 4.78 is 121. The second kappa shape index (κ2) is 44.0. The van der Waals surface area contributed by atoms with E-state index in [2.05, 4.69) is 55.9 Å². The van der Waals surface area contributed by atoms with Crippen LogP contribution in [0, 0.1) is 42.0 Å². The molecule has 16 aromatic rings. The van der Waals surface area contributed by atoms with E-state index in [-0.39, 0.29) is 93.6 Å². The molecule has 8 aromatic carbocycles. The minimum atomic E-state index is -0.564. The van der Waals surface area contributed by atoms with E-state index in [0.717, 1.165) is 123 Å². The highest BCUT2D eigenvalue weighted by atomic mass is 19.1. The van der Waals surface area contributed by atoms with Crippen LogP contribution in [0.2, 0.25) is 0 Å². The zero-order valence-electron chi connectivity index (χ0n) is 80.5. The van der Waals surface area contributed by atoms with Gasteiger partial charge in [-0.15, -0.1) is 0 Å². The third-order valence-electron chi connectivity index (χ3n) is 25.4. The molecule has 20 rings (SSSR count). The first-order chi connectivity index (χ1) is 70.1. The minimum absolute atomic E-state index is 0.0128. The molecule has 4 aliphatic heterocycles. The van der Waals surface area contributed by atoms with Gasteiger partial charge in [0, 0.05) is 85.2 Å². The summed E-state index contributed by atoms with van der Waals surface area (Å²) in [5.41, 5.74) is 11.0. The number of rotatable bonds is 26. The minimum Gasteiger partial charge on any atom is -0.494 e. The van der Waals surface area contributed by atoms with Crippen LogP contribution in [-0.4, -0.2) is 183 Å². The average molecular weight is 1950 g/mol. The summed E-state index contributed by atoms with van der Waals surface area (Å²) in [6.07, 6.45) is 23.3. The molecule has 0 bridgehead atoms. The summed E-state index contributed by atoms with van der Waals surface area (Å²) in [4.78, 5) is 93.8. The van der Waals surface area contributed by atoms with Crippen LogP contribution in [0.1, 0.15) is 111 Å². The Bertz CT molecular complexity index is 7570. The largest absolute Gasteiger partial charge is 0.494 e. The predicted molar refractivity (Wildman–Crippen MR) is 532 cm³/mol. The number of nitrogens with zero attached hydrogens (tertiary/aromatic N) is 16. The number of likely N-dealkylation sites (tertiary alicyclic amines) is 4. The highest BCUT2D eigenvalue weighted by molar-refractivity contribution is 5.94.